The molecule has 2 unspecified atom stereocenters. The van der Waals surface area contributed by atoms with E-state index in [1.807, 2.05) is 6.07 Å². The van der Waals surface area contributed by atoms with Crippen LogP contribution in [0.2, 0.25) is 0 Å². The highest BCUT2D eigenvalue weighted by molar-refractivity contribution is 5.35. The van der Waals surface area contributed by atoms with Gasteiger partial charge in [0.1, 0.15) is 5.82 Å². The molecule has 3 heteroatoms. The average molecular weight is 276 g/mol. The van der Waals surface area contributed by atoms with Gasteiger partial charge in [-0.15, -0.1) is 0 Å². The molecule has 2 aliphatic rings. The monoisotopic (exact) mass is 276 g/mol. The summed E-state index contributed by atoms with van der Waals surface area (Å²) in [6, 6.07) is 6.64. The number of nitrogens with zero attached hydrogens (tertiary/aromatic N) is 1. The number of hydrogen-bond donors (Lipinski definition) is 1. The van der Waals surface area contributed by atoms with Gasteiger partial charge in [0.25, 0.3) is 0 Å². The minimum Gasteiger partial charge on any atom is -0.313 e. The first-order valence-corrected chi connectivity index (χ1v) is 8.04. The molecule has 2 atom stereocenters. The van der Waals surface area contributed by atoms with Crippen molar-refractivity contribution in [2.24, 2.45) is 0 Å². The van der Waals surface area contributed by atoms with Crippen LogP contribution >= 0.6 is 0 Å². The van der Waals surface area contributed by atoms with Crippen molar-refractivity contribution in [3.8, 4) is 0 Å². The van der Waals surface area contributed by atoms with E-state index in [4.69, 9.17) is 0 Å². The Balaban J connectivity index is 1.77. The van der Waals surface area contributed by atoms with Crippen molar-refractivity contribution in [1.82, 2.24) is 10.2 Å². The molecule has 1 heterocycles. The van der Waals surface area contributed by atoms with Gasteiger partial charge in [0, 0.05) is 18.6 Å². The number of halogens is 1. The van der Waals surface area contributed by atoms with Gasteiger partial charge < -0.3 is 5.32 Å². The van der Waals surface area contributed by atoms with E-state index in [1.165, 1.54) is 18.4 Å². The van der Waals surface area contributed by atoms with Gasteiger partial charge in [0.05, 0.1) is 0 Å². The van der Waals surface area contributed by atoms with Crippen LogP contribution in [0.15, 0.2) is 18.2 Å². The lowest BCUT2D eigenvalue weighted by Gasteiger charge is -2.31. The third kappa shape index (κ3) is 2.75. The minimum atomic E-state index is -0.0135. The van der Waals surface area contributed by atoms with Crippen molar-refractivity contribution >= 4 is 0 Å². The molecule has 0 radical (unpaired) electrons. The van der Waals surface area contributed by atoms with E-state index in [0.717, 1.165) is 44.5 Å². The average Bonchev–Trinajstić information content (AvgIpc) is 3.07. The second kappa shape index (κ2) is 6.23. The fourth-order valence-electron chi connectivity index (χ4n) is 3.82. The van der Waals surface area contributed by atoms with E-state index >= 15 is 0 Å². The molecule has 0 saturated carbocycles. The maximum atomic E-state index is 13.9. The van der Waals surface area contributed by atoms with Crippen molar-refractivity contribution in [1.29, 1.82) is 0 Å². The van der Waals surface area contributed by atoms with Crippen LogP contribution < -0.4 is 5.32 Å². The van der Waals surface area contributed by atoms with E-state index in [2.05, 4.69) is 23.2 Å². The second-order valence-electron chi connectivity index (χ2n) is 6.15. The summed E-state index contributed by atoms with van der Waals surface area (Å²) < 4.78 is 13.9. The van der Waals surface area contributed by atoms with Gasteiger partial charge in [-0.1, -0.05) is 19.1 Å². The molecule has 2 nitrogen and oxygen atoms in total. The molecule has 1 saturated heterocycles. The van der Waals surface area contributed by atoms with E-state index in [9.17, 15) is 4.39 Å². The van der Waals surface area contributed by atoms with E-state index in [1.54, 1.807) is 6.07 Å². The second-order valence-corrected chi connectivity index (χ2v) is 6.15. The Hall–Kier alpha value is -0.930. The van der Waals surface area contributed by atoms with E-state index in [-0.39, 0.29) is 5.82 Å². The molecule has 0 aromatic heterocycles. The molecule has 0 bridgehead atoms. The molecule has 1 aliphatic heterocycles. The van der Waals surface area contributed by atoms with Gasteiger partial charge in [0.15, 0.2) is 0 Å². The summed E-state index contributed by atoms with van der Waals surface area (Å²) in [5, 5.41) is 3.59. The van der Waals surface area contributed by atoms with Crippen molar-refractivity contribution in [2.75, 3.05) is 19.6 Å². The van der Waals surface area contributed by atoms with Crippen molar-refractivity contribution < 1.29 is 4.39 Å². The Kier molecular flexibility index (Phi) is 4.37. The first-order valence-electron chi connectivity index (χ1n) is 8.04. The third-order valence-corrected chi connectivity index (χ3v) is 4.75. The zero-order chi connectivity index (χ0) is 13.9. The largest absolute Gasteiger partial charge is 0.313 e. The molecule has 0 spiro atoms. The van der Waals surface area contributed by atoms with Crippen LogP contribution in [0.1, 0.15) is 49.8 Å². The van der Waals surface area contributed by atoms with Crippen LogP contribution in [-0.4, -0.2) is 30.6 Å². The zero-order valence-corrected chi connectivity index (χ0v) is 12.4. The summed E-state index contributed by atoms with van der Waals surface area (Å²) in [5.41, 5.74) is 2.19. The molecular weight excluding hydrogens is 251 g/mol. The van der Waals surface area contributed by atoms with Crippen molar-refractivity contribution in [2.45, 2.75) is 51.1 Å². The van der Waals surface area contributed by atoms with Crippen LogP contribution in [0, 0.1) is 5.82 Å². The van der Waals surface area contributed by atoms with Gasteiger partial charge in [0.2, 0.25) is 0 Å². The van der Waals surface area contributed by atoms with Crippen LogP contribution in [0.3, 0.4) is 0 Å². The number of rotatable bonds is 5. The van der Waals surface area contributed by atoms with Crippen molar-refractivity contribution in [3.63, 3.8) is 0 Å². The Morgan fingerprint density at radius 1 is 1.35 bits per heavy atom. The molecule has 1 fully saturated rings. The first-order chi connectivity index (χ1) is 9.79. The van der Waals surface area contributed by atoms with Crippen LogP contribution in [0.25, 0.3) is 0 Å². The lowest BCUT2D eigenvalue weighted by molar-refractivity contribution is 0.180. The van der Waals surface area contributed by atoms with Gasteiger partial charge >= 0.3 is 0 Å². The topological polar surface area (TPSA) is 15.3 Å². The molecule has 20 heavy (non-hydrogen) atoms. The Morgan fingerprint density at radius 2 is 2.25 bits per heavy atom. The first kappa shape index (κ1) is 14.0. The van der Waals surface area contributed by atoms with Crippen LogP contribution in [-0.2, 0) is 6.42 Å². The van der Waals surface area contributed by atoms with Gasteiger partial charge in [-0.05, 0) is 62.4 Å². The molecule has 1 aliphatic carbocycles. The quantitative estimate of drug-likeness (QED) is 0.888. The van der Waals surface area contributed by atoms with E-state index in [0.29, 0.717) is 12.1 Å². The molecule has 1 N–H and O–H groups in total. The van der Waals surface area contributed by atoms with Gasteiger partial charge in [-0.2, -0.15) is 0 Å². The van der Waals surface area contributed by atoms with Gasteiger partial charge in [-0.3, -0.25) is 4.90 Å². The minimum absolute atomic E-state index is 0.0135. The molecule has 3 rings (SSSR count). The van der Waals surface area contributed by atoms with Gasteiger partial charge in [-0.25, -0.2) is 4.39 Å². The summed E-state index contributed by atoms with van der Waals surface area (Å²) in [6.07, 6.45) is 5.70. The van der Waals surface area contributed by atoms with Crippen molar-refractivity contribution in [3.05, 3.63) is 35.1 Å². The highest BCUT2D eigenvalue weighted by Crippen LogP contribution is 2.37. The number of fused-ring (bicyclic) bond motifs is 1. The summed E-state index contributed by atoms with van der Waals surface area (Å²) in [7, 11) is 0. The molecule has 1 aromatic rings. The highest BCUT2D eigenvalue weighted by atomic mass is 19.1. The lowest BCUT2D eigenvalue weighted by Crippen LogP contribution is -2.39. The molecule has 110 valence electrons. The number of nitrogens with one attached hydrogen (secondary N) is 1. The lowest BCUT2D eigenvalue weighted by atomic mass is 10.1. The standard InChI is InChI=1S/C17H25FN2/c1-2-11-20(12-13-5-4-10-19-13)17-9-8-14-15(17)6-3-7-16(14)18/h3,6-7,13,17,19H,2,4-5,8-12H2,1H3. The molecular formula is C17H25FN2. The SMILES string of the molecule is CCCN(CC1CCCN1)C1CCc2c(F)cccc21. The normalized spacial score (nSPS) is 25.4. The highest BCUT2D eigenvalue weighted by Gasteiger charge is 2.30. The summed E-state index contributed by atoms with van der Waals surface area (Å²) in [6.45, 7) is 5.60. The van der Waals surface area contributed by atoms with Crippen LogP contribution in [0.4, 0.5) is 4.39 Å². The summed E-state index contributed by atoms with van der Waals surface area (Å²) in [5.74, 6) is -0.0135. The van der Waals surface area contributed by atoms with E-state index < -0.39 is 0 Å². The predicted octanol–water partition coefficient (Wildman–Crippen LogP) is 3.28. The predicted molar refractivity (Wildman–Crippen MR) is 80.4 cm³/mol. The number of hydrogen-bond acceptors (Lipinski definition) is 2. The Morgan fingerprint density at radius 3 is 3.00 bits per heavy atom. The Labute approximate surface area is 121 Å². The fourth-order valence-corrected chi connectivity index (χ4v) is 3.82. The fraction of sp³-hybridized carbons (Fsp3) is 0.647. The Bertz CT molecular complexity index is 454. The summed E-state index contributed by atoms with van der Waals surface area (Å²) in [4.78, 5) is 2.58. The maximum absolute atomic E-state index is 13.9. The molecule has 0 amide bonds. The zero-order valence-electron chi connectivity index (χ0n) is 12.4. The number of benzene rings is 1. The smallest absolute Gasteiger partial charge is 0.126 e. The summed E-state index contributed by atoms with van der Waals surface area (Å²) >= 11 is 0. The maximum Gasteiger partial charge on any atom is 0.126 e. The van der Waals surface area contributed by atoms with Crippen LogP contribution in [0.5, 0.6) is 0 Å². The molecule has 1 aromatic carbocycles. The third-order valence-electron chi connectivity index (χ3n) is 4.75.